The summed E-state index contributed by atoms with van der Waals surface area (Å²) in [5.74, 6) is -0.683. The fourth-order valence-corrected chi connectivity index (χ4v) is 4.96. The van der Waals surface area contributed by atoms with Gasteiger partial charge in [-0.15, -0.1) is 6.42 Å². The van der Waals surface area contributed by atoms with Gasteiger partial charge < -0.3 is 25.4 Å². The van der Waals surface area contributed by atoms with Crippen LogP contribution in [0.1, 0.15) is 41.5 Å². The molecule has 46 heavy (non-hydrogen) atoms. The molecule has 0 unspecified atom stereocenters. The fourth-order valence-electron chi connectivity index (χ4n) is 4.96. The number of aromatic nitrogens is 2. The van der Waals surface area contributed by atoms with Gasteiger partial charge in [-0.1, -0.05) is 30.2 Å². The number of carboxylic acid groups (broad SMARTS) is 2. The Labute approximate surface area is 264 Å². The first-order chi connectivity index (χ1) is 22.0. The first-order valence-electron chi connectivity index (χ1n) is 14.4. The van der Waals surface area contributed by atoms with Crippen molar-refractivity contribution in [2.24, 2.45) is 0 Å². The molecule has 4 rings (SSSR count). The van der Waals surface area contributed by atoms with Crippen LogP contribution in [0.5, 0.6) is 0 Å². The van der Waals surface area contributed by atoms with Crippen molar-refractivity contribution >= 4 is 46.0 Å². The van der Waals surface area contributed by atoms with E-state index in [4.69, 9.17) is 6.42 Å². The molecule has 4 N–H and O–H groups in total. The van der Waals surface area contributed by atoms with Crippen molar-refractivity contribution in [3.63, 3.8) is 0 Å². The van der Waals surface area contributed by atoms with Gasteiger partial charge in [0.05, 0.1) is 17.4 Å². The molecule has 1 heterocycles. The summed E-state index contributed by atoms with van der Waals surface area (Å²) in [6.45, 7) is 3.68. The van der Waals surface area contributed by atoms with Crippen molar-refractivity contribution in [2.75, 3.05) is 16.3 Å². The molecule has 0 aliphatic rings. The normalized spacial score (nSPS) is 12.0. The molecule has 236 valence electrons. The third-order valence-corrected chi connectivity index (χ3v) is 7.34. The van der Waals surface area contributed by atoms with E-state index in [1.54, 1.807) is 61.5 Å². The van der Waals surface area contributed by atoms with Crippen LogP contribution in [-0.4, -0.2) is 62.6 Å². The largest absolute Gasteiger partial charge is 0.480 e. The Bertz CT molecular complexity index is 1850. The number of para-hydroxylation sites is 1. The number of nitrogens with zero attached hydrogens (tertiary/aromatic N) is 3. The Kier molecular flexibility index (Phi) is 10.5. The number of terminal acetylenes is 1. The predicted octanol–water partition coefficient (Wildman–Crippen LogP) is 3.34. The average Bonchev–Trinajstić information content (AvgIpc) is 3.03. The molecule has 3 aromatic carbocycles. The van der Waals surface area contributed by atoms with Crippen molar-refractivity contribution in [3.8, 4) is 12.3 Å². The number of carboxylic acids is 2. The Balaban J connectivity index is 1.44. The molecule has 0 spiro atoms. The van der Waals surface area contributed by atoms with Crippen molar-refractivity contribution in [2.45, 2.75) is 45.3 Å². The summed E-state index contributed by atoms with van der Waals surface area (Å²) in [7, 11) is 0. The molecule has 0 aliphatic carbocycles. The van der Waals surface area contributed by atoms with Crippen LogP contribution in [0.15, 0.2) is 77.6 Å². The number of aryl methyl sites for hydroxylation is 1. The van der Waals surface area contributed by atoms with E-state index < -0.39 is 35.8 Å². The summed E-state index contributed by atoms with van der Waals surface area (Å²) >= 11 is 0. The zero-order valence-electron chi connectivity index (χ0n) is 25.3. The number of rotatable bonds is 13. The summed E-state index contributed by atoms with van der Waals surface area (Å²) in [6, 6.07) is 17.4. The summed E-state index contributed by atoms with van der Waals surface area (Å²) < 4.78 is 0. The number of carbonyl (C=O) groups is 4. The molecule has 0 bridgehead atoms. The van der Waals surface area contributed by atoms with Gasteiger partial charge in [-0.3, -0.25) is 19.3 Å². The quantitative estimate of drug-likeness (QED) is 0.163. The highest BCUT2D eigenvalue weighted by atomic mass is 16.4. The number of nitrogens with one attached hydrogen (secondary N) is 2. The number of fused-ring (bicyclic) bond motifs is 1. The minimum absolute atomic E-state index is 0.186. The third-order valence-electron chi connectivity index (χ3n) is 7.34. The smallest absolute Gasteiger partial charge is 0.326 e. The standard InChI is InChI=1S/C34H33N5O7/c1-4-18-38(20-23-10-15-28-27(19-23)32(42)36-22(3)35-28)25-13-11-24(12-14-25)31(41)37-29(34(45)46)16-17-30(40)39(21(2)33(43)44)26-8-6-5-7-9-26/h1,5-15,19,21,29H,16-18,20H2,2-3H3,(H,37,41)(H,43,44)(H,45,46)(H,35,36,42)/t21-,29-/m0/s1. The van der Waals surface area contributed by atoms with Crippen LogP contribution in [-0.2, 0) is 20.9 Å². The second-order valence-electron chi connectivity index (χ2n) is 10.6. The van der Waals surface area contributed by atoms with E-state index >= 15 is 0 Å². The Morgan fingerprint density at radius 3 is 2.30 bits per heavy atom. The van der Waals surface area contributed by atoms with Crippen LogP contribution < -0.4 is 20.7 Å². The Morgan fingerprint density at radius 2 is 1.67 bits per heavy atom. The summed E-state index contributed by atoms with van der Waals surface area (Å²) in [4.78, 5) is 72.1. The number of H-pyrrole nitrogens is 1. The molecule has 0 saturated heterocycles. The van der Waals surface area contributed by atoms with Crippen LogP contribution in [0.25, 0.3) is 10.9 Å². The highest BCUT2D eigenvalue weighted by molar-refractivity contribution is 6.00. The maximum absolute atomic E-state index is 13.1. The van der Waals surface area contributed by atoms with Crippen LogP contribution in [0.4, 0.5) is 11.4 Å². The van der Waals surface area contributed by atoms with Gasteiger partial charge in [0.2, 0.25) is 5.91 Å². The zero-order chi connectivity index (χ0) is 33.4. The zero-order valence-corrected chi connectivity index (χ0v) is 25.3. The monoisotopic (exact) mass is 623 g/mol. The number of carbonyl (C=O) groups excluding carboxylic acids is 2. The molecule has 0 radical (unpaired) electrons. The Morgan fingerprint density at radius 1 is 0.978 bits per heavy atom. The molecule has 0 saturated carbocycles. The number of hydrogen-bond donors (Lipinski definition) is 4. The van der Waals surface area contributed by atoms with Gasteiger partial charge in [-0.2, -0.15) is 0 Å². The molecular weight excluding hydrogens is 590 g/mol. The molecule has 12 nitrogen and oxygen atoms in total. The van der Waals surface area contributed by atoms with Gasteiger partial charge >= 0.3 is 11.9 Å². The lowest BCUT2D eigenvalue weighted by Gasteiger charge is -2.27. The second-order valence-corrected chi connectivity index (χ2v) is 10.6. The number of aromatic amines is 1. The van der Waals surface area contributed by atoms with Crippen LogP contribution >= 0.6 is 0 Å². The number of aliphatic carboxylic acids is 2. The third kappa shape index (κ3) is 7.95. The van der Waals surface area contributed by atoms with Crippen LogP contribution in [0.3, 0.4) is 0 Å². The number of hydrogen-bond acceptors (Lipinski definition) is 7. The lowest BCUT2D eigenvalue weighted by atomic mass is 10.1. The van der Waals surface area contributed by atoms with Gasteiger partial charge in [0.1, 0.15) is 17.9 Å². The molecule has 1 aromatic heterocycles. The first kappa shape index (κ1) is 32.9. The number of benzene rings is 3. The van der Waals surface area contributed by atoms with Gasteiger partial charge in [0.25, 0.3) is 11.5 Å². The van der Waals surface area contributed by atoms with E-state index in [0.29, 0.717) is 34.6 Å². The van der Waals surface area contributed by atoms with Gasteiger partial charge in [-0.25, -0.2) is 14.6 Å². The summed E-state index contributed by atoms with van der Waals surface area (Å²) in [5, 5.41) is 22.2. The highest BCUT2D eigenvalue weighted by Crippen LogP contribution is 2.21. The van der Waals surface area contributed by atoms with Crippen molar-refractivity contribution in [1.82, 2.24) is 15.3 Å². The van der Waals surface area contributed by atoms with Crippen molar-refractivity contribution in [1.29, 1.82) is 0 Å². The lowest BCUT2D eigenvalue weighted by Crippen LogP contribution is -2.45. The summed E-state index contributed by atoms with van der Waals surface area (Å²) in [5.41, 5.74) is 2.40. The van der Waals surface area contributed by atoms with E-state index in [1.165, 1.54) is 19.1 Å². The van der Waals surface area contributed by atoms with Crippen LogP contribution in [0.2, 0.25) is 0 Å². The molecule has 0 fully saturated rings. The number of anilines is 2. The summed E-state index contributed by atoms with van der Waals surface area (Å²) in [6.07, 6.45) is 5.04. The minimum Gasteiger partial charge on any atom is -0.480 e. The predicted molar refractivity (Wildman–Crippen MR) is 173 cm³/mol. The van der Waals surface area contributed by atoms with E-state index in [2.05, 4.69) is 21.2 Å². The van der Waals surface area contributed by atoms with E-state index in [1.807, 2.05) is 11.0 Å². The first-order valence-corrected chi connectivity index (χ1v) is 14.4. The minimum atomic E-state index is -1.40. The molecule has 2 amide bonds. The van der Waals surface area contributed by atoms with Gasteiger partial charge in [0.15, 0.2) is 0 Å². The second kappa shape index (κ2) is 14.7. The highest BCUT2D eigenvalue weighted by Gasteiger charge is 2.29. The lowest BCUT2D eigenvalue weighted by molar-refractivity contribution is -0.141. The maximum atomic E-state index is 13.1. The Hall–Kier alpha value is -5.96. The molecule has 2 atom stereocenters. The molecule has 4 aromatic rings. The van der Waals surface area contributed by atoms with E-state index in [0.717, 1.165) is 10.5 Å². The SMILES string of the molecule is C#CCN(Cc1ccc2nc(C)[nH]c(=O)c2c1)c1ccc(C(=O)N[C@@H](CCC(=O)N(c2ccccc2)[C@@H](C)C(=O)O)C(=O)O)cc1. The topological polar surface area (TPSA) is 173 Å². The fraction of sp³-hybridized carbons (Fsp3) is 0.235. The maximum Gasteiger partial charge on any atom is 0.326 e. The molecular formula is C34H33N5O7. The van der Waals surface area contributed by atoms with Crippen LogP contribution in [0, 0.1) is 19.3 Å². The van der Waals surface area contributed by atoms with Gasteiger partial charge in [0, 0.05) is 29.9 Å². The average molecular weight is 624 g/mol. The molecule has 0 aliphatic heterocycles. The molecule has 12 heteroatoms. The number of amides is 2. The van der Waals surface area contributed by atoms with Gasteiger partial charge in [-0.05, 0) is 74.4 Å². The van der Waals surface area contributed by atoms with Crippen molar-refractivity contribution in [3.05, 3.63) is 100 Å². The van der Waals surface area contributed by atoms with E-state index in [-0.39, 0.29) is 30.5 Å². The van der Waals surface area contributed by atoms with Crippen molar-refractivity contribution < 1.29 is 29.4 Å². The van der Waals surface area contributed by atoms with E-state index in [9.17, 15) is 34.2 Å².